The van der Waals surface area contributed by atoms with E-state index in [0.717, 1.165) is 16.7 Å². The molecule has 0 fully saturated rings. The highest BCUT2D eigenvalue weighted by Gasteiger charge is 2.18. The number of hydrogen-bond acceptors (Lipinski definition) is 2. The number of amides is 1. The Morgan fingerprint density at radius 1 is 1.15 bits per heavy atom. The number of aromatic amines is 1. The molecule has 0 bridgehead atoms. The topological polar surface area (TPSA) is 77.6 Å². The smallest absolute Gasteiger partial charge is 0.308 e. The summed E-state index contributed by atoms with van der Waals surface area (Å²) >= 11 is 12.4. The third kappa shape index (κ3) is 5.80. The minimum Gasteiger partial charge on any atom is -0.321 e. The zero-order valence-corrected chi connectivity index (χ0v) is 17.4. The van der Waals surface area contributed by atoms with Gasteiger partial charge in [0.15, 0.2) is 0 Å². The number of allylic oxidation sites excluding steroid dienone is 1. The molecule has 0 saturated heterocycles. The molecule has 0 aliphatic heterocycles. The number of rotatable bonds is 6. The molecule has 0 aliphatic rings. The zero-order valence-electron chi connectivity index (χ0n) is 15.9. The third-order valence-electron chi connectivity index (χ3n) is 4.25. The minimum absolute atomic E-state index is 0.0669. The van der Waals surface area contributed by atoms with Gasteiger partial charge in [-0.3, -0.25) is 10.5 Å². The van der Waals surface area contributed by atoms with E-state index in [1.54, 1.807) is 12.1 Å². The Hall–Kier alpha value is -1.88. The molecule has 0 atom stereocenters. The van der Waals surface area contributed by atoms with Crippen LogP contribution in [0.4, 0.5) is 0 Å². The molecule has 1 aromatic heterocycles. The Labute approximate surface area is 169 Å². The maximum atomic E-state index is 12.0. The van der Waals surface area contributed by atoms with Gasteiger partial charge in [0, 0.05) is 16.3 Å². The first-order valence-electron chi connectivity index (χ1n) is 8.84. The molecule has 0 unspecified atom stereocenters. The molecule has 4 N–H and O–H groups in total. The van der Waals surface area contributed by atoms with Crippen molar-refractivity contribution in [2.24, 2.45) is 0 Å². The summed E-state index contributed by atoms with van der Waals surface area (Å²) in [6, 6.07) is 9.27. The Morgan fingerprint density at radius 2 is 1.85 bits per heavy atom. The van der Waals surface area contributed by atoms with Crippen LogP contribution < -0.4 is 11.3 Å². The van der Waals surface area contributed by atoms with Crippen LogP contribution in [0, 0.1) is 0 Å². The summed E-state index contributed by atoms with van der Waals surface area (Å²) in [7, 11) is 0. The first kappa shape index (κ1) is 21.4. The molecule has 4 nitrogen and oxygen atoms in total. The number of hydrogen-bond donors (Lipinski definition) is 2. The van der Waals surface area contributed by atoms with E-state index in [0.29, 0.717) is 30.0 Å². The van der Waals surface area contributed by atoms with Crippen LogP contribution in [0.1, 0.15) is 56.9 Å². The molecular formula is C21H25Cl2N2O2+. The lowest BCUT2D eigenvalue weighted by Gasteiger charge is -2.21. The second kappa shape index (κ2) is 8.87. The maximum absolute atomic E-state index is 12.0. The fourth-order valence-corrected chi connectivity index (χ4v) is 3.41. The zero-order chi connectivity index (χ0) is 20.2. The van der Waals surface area contributed by atoms with E-state index in [-0.39, 0.29) is 21.9 Å². The van der Waals surface area contributed by atoms with Gasteiger partial charge in [-0.05, 0) is 47.6 Å². The van der Waals surface area contributed by atoms with Crippen molar-refractivity contribution in [3.05, 3.63) is 73.6 Å². The normalized spacial score (nSPS) is 12.3. The van der Waals surface area contributed by atoms with Gasteiger partial charge in [0.25, 0.3) is 5.56 Å². The average molecular weight is 408 g/mol. The summed E-state index contributed by atoms with van der Waals surface area (Å²) in [5.41, 5.74) is 6.45. The lowest BCUT2D eigenvalue weighted by atomic mass is 9.85. The minimum atomic E-state index is -0.342. The fourth-order valence-electron chi connectivity index (χ4n) is 2.83. The SMILES string of the molecule is CC(C)(C)c1ccc(C(=CCCCC([NH3+])=O)c2ccc(Cl)c(=O)[nH]2)cc1Cl. The van der Waals surface area contributed by atoms with Crippen LogP contribution >= 0.6 is 23.2 Å². The van der Waals surface area contributed by atoms with Gasteiger partial charge >= 0.3 is 5.91 Å². The Morgan fingerprint density at radius 3 is 2.41 bits per heavy atom. The summed E-state index contributed by atoms with van der Waals surface area (Å²) in [5, 5.41) is 0.817. The Kier molecular flexibility index (Phi) is 7.04. The molecule has 1 heterocycles. The van der Waals surface area contributed by atoms with E-state index in [1.165, 1.54) is 0 Å². The molecule has 2 rings (SSSR count). The second-order valence-electron chi connectivity index (χ2n) is 7.54. The molecule has 1 amide bonds. The van der Waals surface area contributed by atoms with Crippen molar-refractivity contribution in [3.63, 3.8) is 0 Å². The van der Waals surface area contributed by atoms with Gasteiger partial charge in [-0.1, -0.05) is 62.2 Å². The van der Waals surface area contributed by atoms with Crippen LogP contribution in [0.3, 0.4) is 0 Å². The van der Waals surface area contributed by atoms with Crippen LogP contribution in [0.15, 0.2) is 41.2 Å². The molecule has 27 heavy (non-hydrogen) atoms. The van der Waals surface area contributed by atoms with Crippen molar-refractivity contribution < 1.29 is 10.5 Å². The van der Waals surface area contributed by atoms with E-state index >= 15 is 0 Å². The molecule has 0 aliphatic carbocycles. The van der Waals surface area contributed by atoms with E-state index in [9.17, 15) is 9.59 Å². The quantitative estimate of drug-likeness (QED) is 0.698. The lowest BCUT2D eigenvalue weighted by Crippen LogP contribution is -2.56. The van der Waals surface area contributed by atoms with Crippen molar-refractivity contribution in [1.82, 2.24) is 4.98 Å². The maximum Gasteiger partial charge on any atom is 0.308 e. The number of aromatic nitrogens is 1. The summed E-state index contributed by atoms with van der Waals surface area (Å²) in [6.45, 7) is 6.32. The highest BCUT2D eigenvalue weighted by Crippen LogP contribution is 2.33. The van der Waals surface area contributed by atoms with Gasteiger partial charge in [-0.25, -0.2) is 4.79 Å². The monoisotopic (exact) mass is 407 g/mol. The van der Waals surface area contributed by atoms with Gasteiger partial charge in [0.2, 0.25) is 0 Å². The molecular weight excluding hydrogens is 383 g/mol. The number of pyridine rings is 1. The number of unbranched alkanes of at least 4 members (excludes halogenated alkanes) is 1. The van der Waals surface area contributed by atoms with E-state index in [2.05, 4.69) is 31.5 Å². The molecule has 144 valence electrons. The fraction of sp³-hybridized carbons (Fsp3) is 0.333. The predicted octanol–water partition coefficient (Wildman–Crippen LogP) is 4.35. The number of nitrogens with one attached hydrogen (secondary N) is 1. The molecule has 2 aromatic rings. The molecule has 0 radical (unpaired) electrons. The Bertz CT molecular complexity index is 925. The van der Waals surface area contributed by atoms with Crippen molar-refractivity contribution in [1.29, 1.82) is 0 Å². The number of quaternary nitrogens is 1. The van der Waals surface area contributed by atoms with Crippen LogP contribution in [-0.2, 0) is 10.2 Å². The highest BCUT2D eigenvalue weighted by molar-refractivity contribution is 6.31. The van der Waals surface area contributed by atoms with Gasteiger partial charge in [0.05, 0.1) is 6.42 Å². The second-order valence-corrected chi connectivity index (χ2v) is 8.36. The van der Waals surface area contributed by atoms with Gasteiger partial charge in [-0.15, -0.1) is 0 Å². The summed E-state index contributed by atoms with van der Waals surface area (Å²) in [5.74, 6) is -0.0811. The summed E-state index contributed by atoms with van der Waals surface area (Å²) in [4.78, 5) is 25.8. The number of benzene rings is 1. The summed E-state index contributed by atoms with van der Waals surface area (Å²) < 4.78 is 0. The van der Waals surface area contributed by atoms with Crippen molar-refractivity contribution in [3.8, 4) is 0 Å². The van der Waals surface area contributed by atoms with Gasteiger partial charge in [-0.2, -0.15) is 0 Å². The van der Waals surface area contributed by atoms with Crippen molar-refractivity contribution in [2.45, 2.75) is 45.4 Å². The largest absolute Gasteiger partial charge is 0.321 e. The van der Waals surface area contributed by atoms with Crippen molar-refractivity contribution >= 4 is 34.7 Å². The first-order valence-corrected chi connectivity index (χ1v) is 9.59. The number of carbonyl (C=O) groups is 1. The van der Waals surface area contributed by atoms with Crippen LogP contribution in [0.25, 0.3) is 5.57 Å². The highest BCUT2D eigenvalue weighted by atomic mass is 35.5. The standard InChI is InChI=1S/C21H24Cl2N2O2/c1-21(2,3)15-9-8-13(12-17(15)23)14(6-4-5-7-19(24)26)18-11-10-16(22)20(27)25-18/h6,8-12H,4-5,7H2,1-3H3,(H2,24,26)(H,25,27)/p+1. The molecule has 6 heteroatoms. The van der Waals surface area contributed by atoms with Gasteiger partial charge in [0.1, 0.15) is 5.02 Å². The molecule has 0 saturated carbocycles. The van der Waals surface area contributed by atoms with Crippen molar-refractivity contribution in [2.75, 3.05) is 0 Å². The van der Waals surface area contributed by atoms with E-state index in [1.807, 2.05) is 24.3 Å². The van der Waals surface area contributed by atoms with Crippen LogP contribution in [0.2, 0.25) is 10.0 Å². The number of H-pyrrole nitrogens is 1. The van der Waals surface area contributed by atoms with Crippen LogP contribution in [0.5, 0.6) is 0 Å². The number of carbonyl (C=O) groups excluding carboxylic acids is 1. The van der Waals surface area contributed by atoms with Crippen LogP contribution in [-0.4, -0.2) is 10.9 Å². The number of halogens is 2. The summed E-state index contributed by atoms with van der Waals surface area (Å²) in [6.07, 6.45) is 3.80. The predicted molar refractivity (Wildman–Crippen MR) is 111 cm³/mol. The third-order valence-corrected chi connectivity index (χ3v) is 4.86. The first-order chi connectivity index (χ1) is 12.6. The average Bonchev–Trinajstić information content (AvgIpc) is 2.56. The molecule has 1 aromatic carbocycles. The van der Waals surface area contributed by atoms with Gasteiger partial charge < -0.3 is 4.98 Å². The Balaban J connectivity index is 2.47. The van der Waals surface area contributed by atoms with E-state index < -0.39 is 0 Å². The molecule has 0 spiro atoms. The van der Waals surface area contributed by atoms with E-state index in [4.69, 9.17) is 23.2 Å². The lowest BCUT2D eigenvalue weighted by molar-refractivity contribution is -0.305.